The molecule has 3 aromatic rings. The fraction of sp³-hybridized carbons (Fsp3) is 0.240. The van der Waals surface area contributed by atoms with Gasteiger partial charge in [-0.05, 0) is 38.5 Å². The summed E-state index contributed by atoms with van der Waals surface area (Å²) < 4.78 is 17.4. The van der Waals surface area contributed by atoms with Crippen molar-refractivity contribution in [1.29, 1.82) is 0 Å². The molecule has 0 unspecified atom stereocenters. The number of carbonyl (C=O) groups is 3. The monoisotopic (exact) mass is 435 g/mol. The summed E-state index contributed by atoms with van der Waals surface area (Å²) in [5.74, 6) is -2.27. The van der Waals surface area contributed by atoms with Crippen molar-refractivity contribution < 1.29 is 28.6 Å². The van der Waals surface area contributed by atoms with Crippen molar-refractivity contribution in [2.24, 2.45) is 0 Å². The molecule has 0 fully saturated rings. The molecule has 1 heterocycles. The number of hydrogen-bond donors (Lipinski definition) is 0. The summed E-state index contributed by atoms with van der Waals surface area (Å²) in [6.07, 6.45) is 0. The van der Waals surface area contributed by atoms with Gasteiger partial charge in [-0.3, -0.25) is 0 Å². The first-order chi connectivity index (χ1) is 15.5. The summed E-state index contributed by atoms with van der Waals surface area (Å²) in [4.78, 5) is 39.4. The zero-order chi connectivity index (χ0) is 23.1. The van der Waals surface area contributed by atoms with E-state index < -0.39 is 17.9 Å². The lowest BCUT2D eigenvalue weighted by atomic mass is 10.0. The Morgan fingerprint density at radius 3 is 1.66 bits per heavy atom. The molecule has 0 radical (unpaired) electrons. The number of benzene rings is 2. The number of ether oxygens (including phenoxy) is 3. The van der Waals surface area contributed by atoms with E-state index in [0.717, 1.165) is 0 Å². The second kappa shape index (κ2) is 10.4. The summed E-state index contributed by atoms with van der Waals surface area (Å²) in [6, 6.07) is 18.0. The van der Waals surface area contributed by atoms with E-state index in [-0.39, 0.29) is 36.6 Å². The fourth-order valence-corrected chi connectivity index (χ4v) is 3.47. The van der Waals surface area contributed by atoms with E-state index in [0.29, 0.717) is 16.9 Å². The highest BCUT2D eigenvalue weighted by Crippen LogP contribution is 2.36. The second-order valence-corrected chi connectivity index (χ2v) is 6.65. The molecule has 0 aliphatic rings. The van der Waals surface area contributed by atoms with Gasteiger partial charge < -0.3 is 18.8 Å². The highest BCUT2D eigenvalue weighted by molar-refractivity contribution is 6.14. The Balaban J connectivity index is 2.52. The largest absolute Gasteiger partial charge is 0.462 e. The number of aromatic nitrogens is 1. The van der Waals surface area contributed by atoms with Gasteiger partial charge in [-0.15, -0.1) is 0 Å². The maximum absolute atomic E-state index is 13.2. The predicted molar refractivity (Wildman–Crippen MR) is 119 cm³/mol. The van der Waals surface area contributed by atoms with Crippen LogP contribution < -0.4 is 0 Å². The molecule has 166 valence electrons. The van der Waals surface area contributed by atoms with Crippen LogP contribution in [0.3, 0.4) is 0 Å². The first kappa shape index (κ1) is 22.8. The Labute approximate surface area is 186 Å². The zero-order valence-corrected chi connectivity index (χ0v) is 18.3. The molecule has 7 heteroatoms. The van der Waals surface area contributed by atoms with Crippen LogP contribution in [0.15, 0.2) is 60.7 Å². The quantitative estimate of drug-likeness (QED) is 0.378. The van der Waals surface area contributed by atoms with Gasteiger partial charge in [0, 0.05) is 5.69 Å². The lowest BCUT2D eigenvalue weighted by Gasteiger charge is -2.14. The topological polar surface area (TPSA) is 83.8 Å². The molecular formula is C25H25NO6. The fourth-order valence-electron chi connectivity index (χ4n) is 3.47. The zero-order valence-electron chi connectivity index (χ0n) is 18.3. The van der Waals surface area contributed by atoms with Gasteiger partial charge in [-0.25, -0.2) is 14.4 Å². The molecule has 0 bridgehead atoms. The van der Waals surface area contributed by atoms with Crippen LogP contribution in [0.4, 0.5) is 0 Å². The van der Waals surface area contributed by atoms with E-state index in [2.05, 4.69) is 0 Å². The molecule has 0 saturated heterocycles. The predicted octanol–water partition coefficient (Wildman–Crippen LogP) is 4.67. The van der Waals surface area contributed by atoms with Crippen molar-refractivity contribution in [2.75, 3.05) is 19.8 Å². The number of rotatable bonds is 8. The molecular weight excluding hydrogens is 410 g/mol. The van der Waals surface area contributed by atoms with Crippen molar-refractivity contribution >= 4 is 17.9 Å². The average Bonchev–Trinajstić information content (AvgIpc) is 3.17. The molecule has 0 aliphatic heterocycles. The van der Waals surface area contributed by atoms with Gasteiger partial charge >= 0.3 is 17.9 Å². The third-order valence-corrected chi connectivity index (χ3v) is 4.66. The number of para-hydroxylation sites is 1. The van der Waals surface area contributed by atoms with Crippen LogP contribution in [-0.2, 0) is 14.2 Å². The first-order valence-electron chi connectivity index (χ1n) is 10.5. The third-order valence-electron chi connectivity index (χ3n) is 4.66. The van der Waals surface area contributed by atoms with E-state index >= 15 is 0 Å². The molecule has 0 atom stereocenters. The summed E-state index contributed by atoms with van der Waals surface area (Å²) in [5, 5.41) is 0. The first-order valence-corrected chi connectivity index (χ1v) is 10.5. The number of carbonyl (C=O) groups excluding carboxylic acids is 3. The molecule has 0 spiro atoms. The van der Waals surface area contributed by atoms with Gasteiger partial charge in [-0.1, -0.05) is 48.5 Å². The maximum Gasteiger partial charge on any atom is 0.356 e. The van der Waals surface area contributed by atoms with Gasteiger partial charge in [0.15, 0.2) is 0 Å². The van der Waals surface area contributed by atoms with Crippen LogP contribution >= 0.6 is 0 Å². The summed E-state index contributed by atoms with van der Waals surface area (Å²) in [6.45, 7) is 5.25. The minimum atomic E-state index is -0.800. The number of esters is 3. The maximum atomic E-state index is 13.2. The molecule has 0 aliphatic carbocycles. The molecule has 7 nitrogen and oxygen atoms in total. The Kier molecular flexibility index (Phi) is 7.44. The molecule has 1 aromatic heterocycles. The minimum Gasteiger partial charge on any atom is -0.462 e. The second-order valence-electron chi connectivity index (χ2n) is 6.65. The molecule has 0 N–H and O–H groups in total. The SMILES string of the molecule is CCOC(=O)c1c(C(=O)OCC)c(-c2ccccc2)n(-c2ccccc2)c1C(=O)OCC. The smallest absolute Gasteiger partial charge is 0.356 e. The summed E-state index contributed by atoms with van der Waals surface area (Å²) >= 11 is 0. The Hall–Kier alpha value is -3.87. The van der Waals surface area contributed by atoms with E-state index in [4.69, 9.17) is 14.2 Å². The van der Waals surface area contributed by atoms with Crippen LogP contribution in [0.2, 0.25) is 0 Å². The van der Waals surface area contributed by atoms with Gasteiger partial charge in [0.05, 0.1) is 25.5 Å². The van der Waals surface area contributed by atoms with Crippen LogP contribution in [0.1, 0.15) is 52.0 Å². The van der Waals surface area contributed by atoms with Crippen molar-refractivity contribution in [2.45, 2.75) is 20.8 Å². The van der Waals surface area contributed by atoms with Crippen molar-refractivity contribution in [3.05, 3.63) is 77.5 Å². The van der Waals surface area contributed by atoms with Crippen LogP contribution in [-0.4, -0.2) is 42.3 Å². The van der Waals surface area contributed by atoms with E-state index in [1.807, 2.05) is 12.1 Å². The molecule has 2 aromatic carbocycles. The lowest BCUT2D eigenvalue weighted by Crippen LogP contribution is -2.18. The highest BCUT2D eigenvalue weighted by Gasteiger charge is 2.37. The Morgan fingerprint density at radius 2 is 1.12 bits per heavy atom. The van der Waals surface area contributed by atoms with Crippen molar-refractivity contribution in [1.82, 2.24) is 4.57 Å². The Bertz CT molecular complexity index is 1020. The lowest BCUT2D eigenvalue weighted by molar-refractivity contribution is 0.0459. The van der Waals surface area contributed by atoms with Crippen LogP contribution in [0, 0.1) is 0 Å². The van der Waals surface area contributed by atoms with Gasteiger partial charge in [0.1, 0.15) is 16.8 Å². The molecule has 0 saturated carbocycles. The number of hydrogen-bond acceptors (Lipinski definition) is 6. The molecule has 0 amide bonds. The van der Waals surface area contributed by atoms with E-state index in [9.17, 15) is 14.4 Å². The van der Waals surface area contributed by atoms with Gasteiger partial charge in [-0.2, -0.15) is 0 Å². The normalized spacial score (nSPS) is 10.5. The van der Waals surface area contributed by atoms with Gasteiger partial charge in [0.2, 0.25) is 0 Å². The van der Waals surface area contributed by atoms with Crippen molar-refractivity contribution in [3.8, 4) is 16.9 Å². The van der Waals surface area contributed by atoms with Crippen LogP contribution in [0.5, 0.6) is 0 Å². The highest BCUT2D eigenvalue weighted by atomic mass is 16.5. The van der Waals surface area contributed by atoms with Crippen LogP contribution in [0.25, 0.3) is 16.9 Å². The summed E-state index contributed by atoms with van der Waals surface area (Å²) in [5.41, 5.74) is 1.26. The molecule has 32 heavy (non-hydrogen) atoms. The summed E-state index contributed by atoms with van der Waals surface area (Å²) in [7, 11) is 0. The minimum absolute atomic E-state index is 0.0385. The van der Waals surface area contributed by atoms with E-state index in [1.54, 1.807) is 73.9 Å². The Morgan fingerprint density at radius 1 is 0.656 bits per heavy atom. The third kappa shape index (κ3) is 4.42. The van der Waals surface area contributed by atoms with Crippen molar-refractivity contribution in [3.63, 3.8) is 0 Å². The molecule has 3 rings (SSSR count). The number of nitrogens with zero attached hydrogens (tertiary/aromatic N) is 1. The standard InChI is InChI=1S/C25H25NO6/c1-4-30-23(27)19-20(24(28)31-5-2)22(25(29)32-6-3)26(18-15-11-8-12-16-18)21(19)17-13-9-7-10-14-17/h7-16H,4-6H2,1-3H3. The average molecular weight is 435 g/mol. The van der Waals surface area contributed by atoms with E-state index in [1.165, 1.54) is 0 Å². The van der Waals surface area contributed by atoms with Gasteiger partial charge in [0.25, 0.3) is 0 Å².